The average molecular weight is 289 g/mol. The molecule has 0 unspecified atom stereocenters. The fourth-order valence-corrected chi connectivity index (χ4v) is 2.00. The van der Waals surface area contributed by atoms with Crippen molar-refractivity contribution >= 4 is 27.3 Å². The van der Waals surface area contributed by atoms with Crippen LogP contribution >= 0.6 is 15.9 Å². The lowest BCUT2D eigenvalue weighted by Gasteiger charge is -2.26. The van der Waals surface area contributed by atoms with Crippen molar-refractivity contribution in [1.82, 2.24) is 0 Å². The molecule has 0 aliphatic rings. The van der Waals surface area contributed by atoms with Crippen LogP contribution in [0.15, 0.2) is 16.6 Å². The smallest absolute Gasteiger partial charge is 0.139 e. The van der Waals surface area contributed by atoms with Gasteiger partial charge in [0.1, 0.15) is 5.82 Å². The van der Waals surface area contributed by atoms with Gasteiger partial charge in [-0.3, -0.25) is 0 Å². The summed E-state index contributed by atoms with van der Waals surface area (Å²) in [7, 11) is 0. The molecule has 1 aromatic carbocycles. The molecule has 4 heteroatoms. The van der Waals surface area contributed by atoms with Crippen molar-refractivity contribution < 1.29 is 4.39 Å². The van der Waals surface area contributed by atoms with Crippen LogP contribution in [0.5, 0.6) is 0 Å². The molecule has 2 N–H and O–H groups in total. The van der Waals surface area contributed by atoms with E-state index >= 15 is 0 Å². The van der Waals surface area contributed by atoms with Crippen LogP contribution in [0.1, 0.15) is 20.8 Å². The Hall–Kier alpha value is -0.770. The monoisotopic (exact) mass is 288 g/mol. The number of nitrogens with zero attached hydrogens (tertiary/aromatic N) is 1. The highest BCUT2D eigenvalue weighted by molar-refractivity contribution is 9.10. The number of hydrogen-bond donors (Lipinski definition) is 1. The Morgan fingerprint density at radius 3 is 2.56 bits per heavy atom. The predicted octanol–water partition coefficient (Wildman–Crippen LogP) is 3.65. The Kier molecular flexibility index (Phi) is 4.59. The molecule has 0 saturated carbocycles. The molecule has 0 bridgehead atoms. The first-order valence-electron chi connectivity index (χ1n) is 5.45. The van der Waals surface area contributed by atoms with Crippen LogP contribution in [-0.4, -0.2) is 13.1 Å². The summed E-state index contributed by atoms with van der Waals surface area (Å²) in [5.74, 6) is 0.227. The second-order valence-corrected chi connectivity index (χ2v) is 5.11. The quantitative estimate of drug-likeness (QED) is 0.857. The zero-order valence-corrected chi connectivity index (χ0v) is 11.5. The van der Waals surface area contributed by atoms with Crippen LogP contribution < -0.4 is 10.6 Å². The fraction of sp³-hybridized carbons (Fsp3) is 0.500. The number of nitrogen functional groups attached to an aromatic ring is 1. The summed E-state index contributed by atoms with van der Waals surface area (Å²) in [5, 5.41) is 0. The van der Waals surface area contributed by atoms with Gasteiger partial charge in [-0.05, 0) is 34.8 Å². The van der Waals surface area contributed by atoms with Crippen LogP contribution in [0.25, 0.3) is 0 Å². The Bertz CT molecular complexity index is 366. The van der Waals surface area contributed by atoms with E-state index in [1.807, 2.05) is 0 Å². The van der Waals surface area contributed by atoms with Crippen LogP contribution in [-0.2, 0) is 0 Å². The summed E-state index contributed by atoms with van der Waals surface area (Å²) in [5.41, 5.74) is 7.22. The average Bonchev–Trinajstić information content (AvgIpc) is 2.20. The van der Waals surface area contributed by atoms with Crippen molar-refractivity contribution in [2.75, 3.05) is 23.7 Å². The SMILES string of the molecule is CCN(CC(C)C)c1cc(Br)c(F)cc1N. The van der Waals surface area contributed by atoms with E-state index in [1.54, 1.807) is 6.07 Å². The Morgan fingerprint density at radius 1 is 1.44 bits per heavy atom. The van der Waals surface area contributed by atoms with E-state index in [2.05, 4.69) is 41.6 Å². The Labute approximate surface area is 105 Å². The van der Waals surface area contributed by atoms with Crippen LogP contribution in [0, 0.1) is 11.7 Å². The van der Waals surface area contributed by atoms with Crippen LogP contribution in [0.2, 0.25) is 0 Å². The summed E-state index contributed by atoms with van der Waals surface area (Å²) in [6.07, 6.45) is 0. The summed E-state index contributed by atoms with van der Waals surface area (Å²) >= 11 is 3.19. The highest BCUT2D eigenvalue weighted by Crippen LogP contribution is 2.30. The third kappa shape index (κ3) is 3.11. The lowest BCUT2D eigenvalue weighted by Crippen LogP contribution is -2.28. The van der Waals surface area contributed by atoms with Crippen molar-refractivity contribution in [3.8, 4) is 0 Å². The van der Waals surface area contributed by atoms with Gasteiger partial charge in [-0.15, -0.1) is 0 Å². The zero-order valence-electron chi connectivity index (χ0n) is 9.93. The molecule has 0 saturated heterocycles. The standard InChI is InChI=1S/C12H18BrFN2/c1-4-16(7-8(2)3)12-5-9(13)10(14)6-11(12)15/h5-6,8H,4,7,15H2,1-3H3. The van der Waals surface area contributed by atoms with E-state index in [0.717, 1.165) is 18.8 Å². The van der Waals surface area contributed by atoms with E-state index in [9.17, 15) is 4.39 Å². The molecule has 0 fully saturated rings. The second kappa shape index (κ2) is 5.53. The summed E-state index contributed by atoms with van der Waals surface area (Å²) in [6, 6.07) is 3.11. The maximum atomic E-state index is 13.2. The number of hydrogen-bond acceptors (Lipinski definition) is 2. The Morgan fingerprint density at radius 2 is 2.06 bits per heavy atom. The normalized spacial score (nSPS) is 10.9. The largest absolute Gasteiger partial charge is 0.397 e. The fourth-order valence-electron chi connectivity index (χ4n) is 1.66. The van der Waals surface area contributed by atoms with E-state index in [0.29, 0.717) is 16.1 Å². The molecule has 16 heavy (non-hydrogen) atoms. The first kappa shape index (κ1) is 13.3. The topological polar surface area (TPSA) is 29.3 Å². The minimum atomic E-state index is -0.318. The highest BCUT2D eigenvalue weighted by Gasteiger charge is 2.12. The molecule has 1 rings (SSSR count). The molecular weight excluding hydrogens is 271 g/mol. The zero-order chi connectivity index (χ0) is 12.3. The molecule has 2 nitrogen and oxygen atoms in total. The van der Waals surface area contributed by atoms with Gasteiger partial charge in [-0.2, -0.15) is 0 Å². The van der Waals surface area contributed by atoms with Crippen molar-refractivity contribution in [1.29, 1.82) is 0 Å². The second-order valence-electron chi connectivity index (χ2n) is 4.26. The summed E-state index contributed by atoms with van der Waals surface area (Å²) in [6.45, 7) is 8.15. The van der Waals surface area contributed by atoms with Crippen molar-refractivity contribution in [2.24, 2.45) is 5.92 Å². The molecule has 0 amide bonds. The number of halogens is 2. The maximum Gasteiger partial charge on any atom is 0.139 e. The summed E-state index contributed by atoms with van der Waals surface area (Å²) in [4.78, 5) is 2.16. The molecule has 0 heterocycles. The summed E-state index contributed by atoms with van der Waals surface area (Å²) < 4.78 is 13.7. The molecule has 90 valence electrons. The van der Waals surface area contributed by atoms with Crippen molar-refractivity contribution in [2.45, 2.75) is 20.8 Å². The predicted molar refractivity (Wildman–Crippen MR) is 71.2 cm³/mol. The third-order valence-electron chi connectivity index (χ3n) is 2.38. The first-order chi connectivity index (χ1) is 7.45. The van der Waals surface area contributed by atoms with Gasteiger partial charge < -0.3 is 10.6 Å². The minimum Gasteiger partial charge on any atom is -0.397 e. The molecule has 0 aliphatic heterocycles. The van der Waals surface area contributed by atoms with E-state index in [4.69, 9.17) is 5.73 Å². The lowest BCUT2D eigenvalue weighted by molar-refractivity contribution is 0.612. The van der Waals surface area contributed by atoms with Gasteiger partial charge in [0.15, 0.2) is 0 Å². The molecule has 0 spiro atoms. The molecular formula is C12H18BrFN2. The third-order valence-corrected chi connectivity index (χ3v) is 2.99. The number of rotatable bonds is 4. The van der Waals surface area contributed by atoms with Gasteiger partial charge in [0.05, 0.1) is 15.8 Å². The van der Waals surface area contributed by atoms with Gasteiger partial charge >= 0.3 is 0 Å². The van der Waals surface area contributed by atoms with Gasteiger partial charge in [0, 0.05) is 19.2 Å². The Balaban J connectivity index is 3.05. The van der Waals surface area contributed by atoms with Crippen LogP contribution in [0.4, 0.5) is 15.8 Å². The first-order valence-corrected chi connectivity index (χ1v) is 6.24. The van der Waals surface area contributed by atoms with Gasteiger partial charge in [0.25, 0.3) is 0 Å². The molecule has 0 aromatic heterocycles. The van der Waals surface area contributed by atoms with Gasteiger partial charge in [0.2, 0.25) is 0 Å². The number of benzene rings is 1. The van der Waals surface area contributed by atoms with E-state index in [-0.39, 0.29) is 5.82 Å². The molecule has 0 atom stereocenters. The van der Waals surface area contributed by atoms with Crippen molar-refractivity contribution in [3.63, 3.8) is 0 Å². The minimum absolute atomic E-state index is 0.318. The molecule has 1 aromatic rings. The van der Waals surface area contributed by atoms with Gasteiger partial charge in [-0.25, -0.2) is 4.39 Å². The van der Waals surface area contributed by atoms with Gasteiger partial charge in [-0.1, -0.05) is 13.8 Å². The number of anilines is 2. The van der Waals surface area contributed by atoms with E-state index in [1.165, 1.54) is 6.07 Å². The lowest BCUT2D eigenvalue weighted by atomic mass is 10.1. The molecule has 0 aliphatic carbocycles. The maximum absolute atomic E-state index is 13.2. The number of nitrogens with two attached hydrogens (primary N) is 1. The van der Waals surface area contributed by atoms with E-state index < -0.39 is 0 Å². The van der Waals surface area contributed by atoms with Crippen LogP contribution in [0.3, 0.4) is 0 Å². The molecule has 0 radical (unpaired) electrons. The highest BCUT2D eigenvalue weighted by atomic mass is 79.9. The van der Waals surface area contributed by atoms with Crippen molar-refractivity contribution in [3.05, 3.63) is 22.4 Å².